The Morgan fingerprint density at radius 3 is 2.45 bits per heavy atom. The molecule has 0 atom stereocenters. The third-order valence-corrected chi connectivity index (χ3v) is 6.45. The minimum atomic E-state index is -3.52. The van der Waals surface area contributed by atoms with E-state index in [1.165, 1.54) is 16.4 Å². The summed E-state index contributed by atoms with van der Waals surface area (Å²) in [6.45, 7) is 0.676. The zero-order chi connectivity index (χ0) is 15.7. The summed E-state index contributed by atoms with van der Waals surface area (Å²) in [5, 5.41) is 0.374. The van der Waals surface area contributed by atoms with E-state index in [0.29, 0.717) is 22.6 Å². The molecule has 1 aliphatic heterocycles. The molecule has 2 aromatic carbocycles. The maximum atomic E-state index is 12.5. The van der Waals surface area contributed by atoms with E-state index in [-0.39, 0.29) is 11.0 Å². The molecule has 0 N–H and O–H groups in total. The second kappa shape index (κ2) is 6.20. The van der Waals surface area contributed by atoms with Gasteiger partial charge in [-0.1, -0.05) is 29.8 Å². The van der Waals surface area contributed by atoms with Gasteiger partial charge in [-0.3, -0.25) is 0 Å². The first-order valence-electron chi connectivity index (χ1n) is 6.64. The third-order valence-electron chi connectivity index (χ3n) is 3.39. The molecule has 0 spiro atoms. The molecule has 0 aromatic heterocycles. The molecule has 22 heavy (non-hydrogen) atoms. The minimum Gasteiger partial charge on any atom is -0.488 e. The third kappa shape index (κ3) is 3.15. The lowest BCUT2D eigenvalue weighted by Crippen LogP contribution is -2.55. The average Bonchev–Trinajstić information content (AvgIpc) is 2.46. The Labute approximate surface area is 142 Å². The molecular formula is C15H13BrClNO3S. The van der Waals surface area contributed by atoms with E-state index in [2.05, 4.69) is 15.9 Å². The number of hydrogen-bond donors (Lipinski definition) is 0. The molecule has 1 fully saturated rings. The molecule has 0 saturated carbocycles. The van der Waals surface area contributed by atoms with Crippen LogP contribution in [0.2, 0.25) is 5.02 Å². The van der Waals surface area contributed by atoms with E-state index in [1.807, 2.05) is 30.3 Å². The molecule has 4 nitrogen and oxygen atoms in total. The fourth-order valence-corrected chi connectivity index (χ4v) is 4.17. The summed E-state index contributed by atoms with van der Waals surface area (Å²) < 4.78 is 32.7. The van der Waals surface area contributed by atoms with Gasteiger partial charge in [0.25, 0.3) is 0 Å². The molecule has 1 aliphatic rings. The fourth-order valence-electron chi connectivity index (χ4n) is 2.15. The Morgan fingerprint density at radius 2 is 1.82 bits per heavy atom. The highest BCUT2D eigenvalue weighted by molar-refractivity contribution is 9.10. The smallest absolute Gasteiger partial charge is 0.243 e. The summed E-state index contributed by atoms with van der Waals surface area (Å²) in [6, 6.07) is 14.0. The summed E-state index contributed by atoms with van der Waals surface area (Å²) in [6.07, 6.45) is -0.122. The molecule has 3 rings (SSSR count). The van der Waals surface area contributed by atoms with E-state index >= 15 is 0 Å². The Bertz CT molecular complexity index is 777. The van der Waals surface area contributed by atoms with Crippen molar-refractivity contribution in [2.24, 2.45) is 0 Å². The number of ether oxygens (including phenoxy) is 1. The van der Waals surface area contributed by atoms with Crippen LogP contribution in [0.5, 0.6) is 5.75 Å². The van der Waals surface area contributed by atoms with E-state index in [9.17, 15) is 8.42 Å². The van der Waals surface area contributed by atoms with Crippen LogP contribution in [0, 0.1) is 0 Å². The van der Waals surface area contributed by atoms with Gasteiger partial charge in [0.15, 0.2) is 0 Å². The lowest BCUT2D eigenvalue weighted by atomic mass is 10.2. The predicted molar refractivity (Wildman–Crippen MR) is 88.8 cm³/mol. The molecular weight excluding hydrogens is 390 g/mol. The molecule has 0 aliphatic carbocycles. The first kappa shape index (κ1) is 15.8. The lowest BCUT2D eigenvalue weighted by Gasteiger charge is -2.37. The highest BCUT2D eigenvalue weighted by atomic mass is 79.9. The second-order valence-electron chi connectivity index (χ2n) is 4.95. The van der Waals surface area contributed by atoms with Crippen molar-refractivity contribution in [1.82, 2.24) is 4.31 Å². The Morgan fingerprint density at radius 1 is 1.14 bits per heavy atom. The number of nitrogens with zero attached hydrogens (tertiary/aromatic N) is 1. The second-order valence-corrected chi connectivity index (χ2v) is 8.15. The van der Waals surface area contributed by atoms with Crippen molar-refractivity contribution >= 4 is 37.6 Å². The van der Waals surface area contributed by atoms with Crippen molar-refractivity contribution in [3.63, 3.8) is 0 Å². The number of para-hydroxylation sites is 1. The van der Waals surface area contributed by atoms with Crippen LogP contribution in [0.3, 0.4) is 0 Å². The molecule has 7 heteroatoms. The standard InChI is InChI=1S/C15H13BrClNO3S/c16-14-7-6-13(8-15(14)17)22(19,20)18-9-12(10-18)21-11-4-2-1-3-5-11/h1-8,12H,9-10H2. The highest BCUT2D eigenvalue weighted by Gasteiger charge is 2.38. The monoisotopic (exact) mass is 401 g/mol. The van der Waals surface area contributed by atoms with Crippen molar-refractivity contribution in [3.8, 4) is 5.75 Å². The molecule has 0 amide bonds. The van der Waals surface area contributed by atoms with E-state index < -0.39 is 10.0 Å². The molecule has 2 aromatic rings. The van der Waals surface area contributed by atoms with Gasteiger partial charge in [0.2, 0.25) is 10.0 Å². The quantitative estimate of drug-likeness (QED) is 0.785. The van der Waals surface area contributed by atoms with Crippen LogP contribution in [0.15, 0.2) is 57.9 Å². The molecule has 0 bridgehead atoms. The SMILES string of the molecule is O=S(=O)(c1ccc(Br)c(Cl)c1)N1CC(Oc2ccccc2)C1. The van der Waals surface area contributed by atoms with Gasteiger partial charge in [0.1, 0.15) is 11.9 Å². The zero-order valence-corrected chi connectivity index (χ0v) is 14.6. The van der Waals surface area contributed by atoms with Gasteiger partial charge in [0.05, 0.1) is 23.0 Å². The van der Waals surface area contributed by atoms with E-state index in [4.69, 9.17) is 16.3 Å². The topological polar surface area (TPSA) is 46.6 Å². The zero-order valence-electron chi connectivity index (χ0n) is 11.4. The number of benzene rings is 2. The van der Waals surface area contributed by atoms with Crippen LogP contribution >= 0.6 is 27.5 Å². The van der Waals surface area contributed by atoms with E-state index in [0.717, 1.165) is 5.75 Å². The highest BCUT2D eigenvalue weighted by Crippen LogP contribution is 2.29. The lowest BCUT2D eigenvalue weighted by molar-refractivity contribution is 0.0762. The van der Waals surface area contributed by atoms with Crippen LogP contribution in [0.1, 0.15) is 0 Å². The molecule has 0 unspecified atom stereocenters. The molecule has 1 heterocycles. The van der Waals surface area contributed by atoms with Gasteiger partial charge >= 0.3 is 0 Å². The summed E-state index contributed by atoms with van der Waals surface area (Å²) in [7, 11) is -3.52. The largest absolute Gasteiger partial charge is 0.488 e. The summed E-state index contributed by atoms with van der Waals surface area (Å²) in [5.41, 5.74) is 0. The Balaban J connectivity index is 1.67. The van der Waals surface area contributed by atoms with Gasteiger partial charge in [0, 0.05) is 4.47 Å². The van der Waals surface area contributed by atoms with Gasteiger partial charge in [-0.15, -0.1) is 0 Å². The number of rotatable bonds is 4. The molecule has 116 valence electrons. The van der Waals surface area contributed by atoms with Gasteiger partial charge in [-0.05, 0) is 46.3 Å². The van der Waals surface area contributed by atoms with Crippen molar-refractivity contribution in [2.45, 2.75) is 11.0 Å². The summed E-state index contributed by atoms with van der Waals surface area (Å²) in [5.74, 6) is 0.747. The van der Waals surface area contributed by atoms with Crippen LogP contribution < -0.4 is 4.74 Å². The molecule has 1 saturated heterocycles. The number of halogens is 2. The first-order valence-corrected chi connectivity index (χ1v) is 9.25. The van der Waals surface area contributed by atoms with Gasteiger partial charge in [-0.25, -0.2) is 8.42 Å². The predicted octanol–water partition coefficient (Wildman–Crippen LogP) is 3.55. The number of hydrogen-bond acceptors (Lipinski definition) is 3. The number of sulfonamides is 1. The Hall–Kier alpha value is -1.08. The fraction of sp³-hybridized carbons (Fsp3) is 0.200. The summed E-state index contributed by atoms with van der Waals surface area (Å²) in [4.78, 5) is 0.193. The summed E-state index contributed by atoms with van der Waals surface area (Å²) >= 11 is 9.22. The average molecular weight is 403 g/mol. The Kier molecular flexibility index (Phi) is 4.45. The van der Waals surface area contributed by atoms with E-state index in [1.54, 1.807) is 6.07 Å². The van der Waals surface area contributed by atoms with Gasteiger partial charge < -0.3 is 4.74 Å². The van der Waals surface area contributed by atoms with Gasteiger partial charge in [-0.2, -0.15) is 4.31 Å². The van der Waals surface area contributed by atoms with Crippen molar-refractivity contribution in [1.29, 1.82) is 0 Å². The maximum Gasteiger partial charge on any atom is 0.243 e. The van der Waals surface area contributed by atoms with Crippen molar-refractivity contribution in [3.05, 3.63) is 58.0 Å². The van der Waals surface area contributed by atoms with Crippen LogP contribution in [-0.2, 0) is 10.0 Å². The van der Waals surface area contributed by atoms with Crippen molar-refractivity contribution in [2.75, 3.05) is 13.1 Å². The normalized spacial score (nSPS) is 16.3. The van der Waals surface area contributed by atoms with Crippen LogP contribution in [0.4, 0.5) is 0 Å². The minimum absolute atomic E-state index is 0.122. The maximum absolute atomic E-state index is 12.5. The first-order chi connectivity index (χ1) is 10.5. The van der Waals surface area contributed by atoms with Crippen LogP contribution in [0.25, 0.3) is 0 Å². The molecule has 0 radical (unpaired) electrons. The van der Waals surface area contributed by atoms with Crippen molar-refractivity contribution < 1.29 is 13.2 Å². The van der Waals surface area contributed by atoms with Crippen LogP contribution in [-0.4, -0.2) is 31.9 Å².